The third-order valence-corrected chi connectivity index (χ3v) is 0.951. The van der Waals surface area contributed by atoms with Crippen molar-refractivity contribution >= 4 is 0 Å². The van der Waals surface area contributed by atoms with E-state index in [-0.39, 0.29) is 0 Å². The molecule has 1 N–H and O–H groups in total. The summed E-state index contributed by atoms with van der Waals surface area (Å²) in [5, 5.41) is 9.30. The quantitative estimate of drug-likeness (QED) is 0.624. The van der Waals surface area contributed by atoms with E-state index in [1.54, 1.807) is 20.8 Å². The molecule has 0 aliphatic carbocycles. The van der Waals surface area contributed by atoms with Crippen molar-refractivity contribution in [3.05, 3.63) is 0 Å². The van der Waals surface area contributed by atoms with Gasteiger partial charge >= 0.3 is 6.16 Å². The van der Waals surface area contributed by atoms with E-state index < -0.39 is 11.8 Å². The van der Waals surface area contributed by atoms with Gasteiger partial charge in [0.2, 0.25) is 0 Å². The van der Waals surface area contributed by atoms with Crippen molar-refractivity contribution in [3.8, 4) is 0 Å². The van der Waals surface area contributed by atoms with Crippen molar-refractivity contribution in [2.45, 2.75) is 32.5 Å². The highest BCUT2D eigenvalue weighted by Crippen LogP contribution is 2.18. The monoisotopic (exact) mass is 164 g/mol. The molecule has 0 aliphatic rings. The summed E-state index contributed by atoms with van der Waals surface area (Å²) in [5.74, 6) is 0. The van der Waals surface area contributed by atoms with Crippen molar-refractivity contribution < 1.29 is 19.3 Å². The first-order valence-electron chi connectivity index (χ1n) is 3.36. The first-order valence-corrected chi connectivity index (χ1v) is 3.36. The number of methoxy groups -OCH3 is 2. The molecule has 0 atom stereocenters. The molecule has 0 aromatic heterocycles. The van der Waals surface area contributed by atoms with E-state index in [1.807, 2.05) is 0 Å². The predicted octanol–water partition coefficient (Wildman–Crippen LogP) is 0.698. The van der Waals surface area contributed by atoms with Crippen molar-refractivity contribution in [1.82, 2.24) is 0 Å². The number of hydrogen-bond donors (Lipinski definition) is 1. The van der Waals surface area contributed by atoms with Crippen LogP contribution >= 0.6 is 0 Å². The van der Waals surface area contributed by atoms with Crippen molar-refractivity contribution in [1.29, 1.82) is 0 Å². The molecule has 0 heterocycles. The van der Waals surface area contributed by atoms with Gasteiger partial charge in [0.05, 0.1) is 5.60 Å². The second kappa shape index (κ2) is 3.49. The highest BCUT2D eigenvalue weighted by Gasteiger charge is 2.33. The van der Waals surface area contributed by atoms with E-state index >= 15 is 0 Å². The van der Waals surface area contributed by atoms with Crippen LogP contribution in [-0.4, -0.2) is 31.1 Å². The van der Waals surface area contributed by atoms with Gasteiger partial charge in [-0.1, -0.05) is 0 Å². The van der Waals surface area contributed by atoms with E-state index in [0.29, 0.717) is 0 Å². The molecule has 0 amide bonds. The lowest BCUT2D eigenvalue weighted by Gasteiger charge is -2.31. The first kappa shape index (κ1) is 10.8. The lowest BCUT2D eigenvalue weighted by molar-refractivity contribution is -0.490. The molecule has 0 bridgehead atoms. The maximum Gasteiger partial charge on any atom is 0.410 e. The lowest BCUT2D eigenvalue weighted by Crippen LogP contribution is -2.43. The highest BCUT2D eigenvalue weighted by molar-refractivity contribution is 4.59. The molecule has 4 nitrogen and oxygen atoms in total. The Morgan fingerprint density at radius 1 is 1.00 bits per heavy atom. The third-order valence-electron chi connectivity index (χ3n) is 0.951. The summed E-state index contributed by atoms with van der Waals surface area (Å²) in [4.78, 5) is 0. The van der Waals surface area contributed by atoms with Crippen LogP contribution in [0.2, 0.25) is 0 Å². The number of ether oxygens (including phenoxy) is 3. The second-order valence-corrected chi connectivity index (χ2v) is 3.15. The van der Waals surface area contributed by atoms with Gasteiger partial charge in [0, 0.05) is 14.2 Å². The smallest absolute Gasteiger partial charge is 0.319 e. The predicted molar refractivity (Wildman–Crippen MR) is 39.8 cm³/mol. The van der Waals surface area contributed by atoms with Crippen LogP contribution in [-0.2, 0) is 14.2 Å². The van der Waals surface area contributed by atoms with E-state index in [4.69, 9.17) is 4.74 Å². The van der Waals surface area contributed by atoms with Crippen LogP contribution < -0.4 is 0 Å². The molecular formula is C7H16O4. The summed E-state index contributed by atoms with van der Waals surface area (Å²) in [6.07, 6.45) is -1.93. The summed E-state index contributed by atoms with van der Waals surface area (Å²) in [6.45, 7) is 5.36. The highest BCUT2D eigenvalue weighted by atomic mass is 17.0. The van der Waals surface area contributed by atoms with Crippen molar-refractivity contribution in [2.75, 3.05) is 14.2 Å². The second-order valence-electron chi connectivity index (χ2n) is 3.15. The van der Waals surface area contributed by atoms with Gasteiger partial charge in [0.1, 0.15) is 0 Å². The molecule has 11 heavy (non-hydrogen) atoms. The number of rotatable bonds is 3. The van der Waals surface area contributed by atoms with Crippen LogP contribution in [0.3, 0.4) is 0 Å². The topological polar surface area (TPSA) is 47.9 Å². The zero-order chi connectivity index (χ0) is 9.12. The van der Waals surface area contributed by atoms with Crippen LogP contribution in [0.4, 0.5) is 0 Å². The molecule has 68 valence electrons. The number of hydrogen-bond acceptors (Lipinski definition) is 4. The molecule has 0 saturated carbocycles. The average Bonchev–Trinajstić information content (AvgIpc) is 1.84. The maximum atomic E-state index is 9.30. The Kier molecular flexibility index (Phi) is 3.44. The summed E-state index contributed by atoms with van der Waals surface area (Å²) < 4.78 is 14.2. The SMILES string of the molecule is COC(O)(OC)OC(C)(C)C. The van der Waals surface area contributed by atoms with Crippen LogP contribution in [0.25, 0.3) is 0 Å². The Morgan fingerprint density at radius 2 is 1.36 bits per heavy atom. The normalized spacial score (nSPS) is 13.6. The van der Waals surface area contributed by atoms with Crippen molar-refractivity contribution in [2.24, 2.45) is 0 Å². The summed E-state index contributed by atoms with van der Waals surface area (Å²) >= 11 is 0. The molecule has 0 unspecified atom stereocenters. The third kappa shape index (κ3) is 4.31. The van der Waals surface area contributed by atoms with Gasteiger partial charge in [-0.15, -0.1) is 0 Å². The van der Waals surface area contributed by atoms with E-state index in [1.165, 1.54) is 14.2 Å². The standard InChI is InChI=1S/C7H16O4/c1-6(2,3)11-7(8,9-4)10-5/h8H,1-5H3. The minimum absolute atomic E-state index is 0.513. The molecule has 4 heteroatoms. The van der Waals surface area contributed by atoms with Gasteiger partial charge in [-0.25, -0.2) is 0 Å². The molecule has 0 fully saturated rings. The zero-order valence-electron chi connectivity index (χ0n) is 7.67. The molecule has 0 saturated heterocycles. The molecule has 0 aromatic rings. The molecule has 0 aromatic carbocycles. The van der Waals surface area contributed by atoms with Gasteiger partial charge in [-0.2, -0.15) is 0 Å². The van der Waals surface area contributed by atoms with E-state index in [9.17, 15) is 5.11 Å². The summed E-state index contributed by atoms with van der Waals surface area (Å²) in [5.41, 5.74) is -0.513. The molecule has 0 rings (SSSR count). The van der Waals surface area contributed by atoms with Crippen LogP contribution in [0, 0.1) is 0 Å². The first-order chi connectivity index (χ1) is 4.83. The van der Waals surface area contributed by atoms with Gasteiger partial charge in [-0.3, -0.25) is 4.74 Å². The minimum atomic E-state index is -1.93. The minimum Gasteiger partial charge on any atom is -0.319 e. The van der Waals surface area contributed by atoms with Gasteiger partial charge in [0.15, 0.2) is 0 Å². The Morgan fingerprint density at radius 3 is 1.45 bits per heavy atom. The van der Waals surface area contributed by atoms with Crippen molar-refractivity contribution in [3.63, 3.8) is 0 Å². The van der Waals surface area contributed by atoms with Crippen LogP contribution in [0.1, 0.15) is 20.8 Å². The Hall–Kier alpha value is -0.160. The van der Waals surface area contributed by atoms with E-state index in [2.05, 4.69) is 9.47 Å². The summed E-state index contributed by atoms with van der Waals surface area (Å²) in [7, 11) is 2.60. The Bertz CT molecular complexity index is 112. The fraction of sp³-hybridized carbons (Fsp3) is 1.00. The number of aliphatic hydroxyl groups is 1. The van der Waals surface area contributed by atoms with Crippen LogP contribution in [0.15, 0.2) is 0 Å². The molecule has 0 aliphatic heterocycles. The molecular weight excluding hydrogens is 148 g/mol. The largest absolute Gasteiger partial charge is 0.410 e. The molecule has 0 radical (unpaired) electrons. The summed E-state index contributed by atoms with van der Waals surface area (Å²) in [6, 6.07) is 0. The lowest BCUT2D eigenvalue weighted by atomic mass is 10.2. The van der Waals surface area contributed by atoms with Gasteiger partial charge < -0.3 is 14.6 Å². The van der Waals surface area contributed by atoms with Gasteiger partial charge in [0.25, 0.3) is 0 Å². The van der Waals surface area contributed by atoms with Gasteiger partial charge in [-0.05, 0) is 20.8 Å². The fourth-order valence-corrected chi connectivity index (χ4v) is 0.554. The van der Waals surface area contributed by atoms with E-state index in [0.717, 1.165) is 0 Å². The fourth-order valence-electron chi connectivity index (χ4n) is 0.554. The zero-order valence-corrected chi connectivity index (χ0v) is 7.67. The Labute approximate surface area is 67.1 Å². The maximum absolute atomic E-state index is 9.30. The molecule has 0 spiro atoms. The Balaban J connectivity index is 4.08. The van der Waals surface area contributed by atoms with Crippen LogP contribution in [0.5, 0.6) is 0 Å². The average molecular weight is 164 g/mol.